The molecule has 0 radical (unpaired) electrons. The van der Waals surface area contributed by atoms with E-state index in [-0.39, 0.29) is 16.9 Å². The maximum atomic E-state index is 13.6. The standard InChI is InChI=1S/C18H12ClFN4O3/c19-18-21-10-15(20)17(23-18)27-14-7-1-11(2-8-14)9-22-24-16(26)12-3-5-13(25)6-4-12/h1-10,25H,(H,24,26). The molecule has 27 heavy (non-hydrogen) atoms. The summed E-state index contributed by atoms with van der Waals surface area (Å²) in [5.74, 6) is -1.02. The van der Waals surface area contributed by atoms with Gasteiger partial charge < -0.3 is 9.84 Å². The summed E-state index contributed by atoms with van der Waals surface area (Å²) in [6, 6.07) is 12.3. The molecular weight excluding hydrogens is 375 g/mol. The molecule has 0 aliphatic rings. The van der Waals surface area contributed by atoms with Crippen molar-refractivity contribution in [1.29, 1.82) is 0 Å². The van der Waals surface area contributed by atoms with Crippen LogP contribution in [-0.4, -0.2) is 27.2 Å². The predicted octanol–water partition coefficient (Wildman–Crippen LogP) is 3.53. The number of hydrogen-bond acceptors (Lipinski definition) is 6. The van der Waals surface area contributed by atoms with Crippen molar-refractivity contribution in [2.45, 2.75) is 0 Å². The van der Waals surface area contributed by atoms with Gasteiger partial charge in [0.15, 0.2) is 0 Å². The molecular formula is C18H12ClFN4O3. The Kier molecular flexibility index (Phi) is 5.58. The summed E-state index contributed by atoms with van der Waals surface area (Å²) < 4.78 is 18.9. The molecule has 1 amide bonds. The van der Waals surface area contributed by atoms with E-state index in [1.165, 1.54) is 30.5 Å². The van der Waals surface area contributed by atoms with E-state index in [4.69, 9.17) is 16.3 Å². The van der Waals surface area contributed by atoms with Crippen LogP contribution in [-0.2, 0) is 0 Å². The quantitative estimate of drug-likeness (QED) is 0.397. The summed E-state index contributed by atoms with van der Waals surface area (Å²) in [5.41, 5.74) is 3.41. The lowest BCUT2D eigenvalue weighted by Crippen LogP contribution is -2.17. The van der Waals surface area contributed by atoms with Crippen LogP contribution in [0.15, 0.2) is 59.8 Å². The number of benzene rings is 2. The lowest BCUT2D eigenvalue weighted by Gasteiger charge is -2.05. The molecule has 0 unspecified atom stereocenters. The molecule has 0 spiro atoms. The molecule has 7 nitrogen and oxygen atoms in total. The second-order valence-corrected chi connectivity index (χ2v) is 5.55. The average Bonchev–Trinajstić information content (AvgIpc) is 2.66. The first-order valence-corrected chi connectivity index (χ1v) is 7.97. The van der Waals surface area contributed by atoms with Gasteiger partial charge in [0.25, 0.3) is 11.8 Å². The smallest absolute Gasteiger partial charge is 0.271 e. The summed E-state index contributed by atoms with van der Waals surface area (Å²) in [7, 11) is 0. The van der Waals surface area contributed by atoms with Crippen LogP contribution in [0.1, 0.15) is 15.9 Å². The maximum absolute atomic E-state index is 13.6. The zero-order valence-electron chi connectivity index (χ0n) is 13.6. The highest BCUT2D eigenvalue weighted by atomic mass is 35.5. The highest BCUT2D eigenvalue weighted by Gasteiger charge is 2.08. The Balaban J connectivity index is 1.60. The van der Waals surface area contributed by atoms with Crippen LogP contribution < -0.4 is 10.2 Å². The summed E-state index contributed by atoms with van der Waals surface area (Å²) in [6.45, 7) is 0. The second-order valence-electron chi connectivity index (χ2n) is 5.21. The van der Waals surface area contributed by atoms with Gasteiger partial charge in [-0.15, -0.1) is 0 Å². The van der Waals surface area contributed by atoms with E-state index in [1.807, 2.05) is 0 Å². The van der Waals surface area contributed by atoms with Crippen LogP contribution in [0, 0.1) is 5.82 Å². The molecule has 0 saturated heterocycles. The minimum absolute atomic E-state index is 0.0708. The zero-order chi connectivity index (χ0) is 19.2. The number of carbonyl (C=O) groups excluding carboxylic acids is 1. The van der Waals surface area contributed by atoms with Gasteiger partial charge in [0, 0.05) is 5.56 Å². The highest BCUT2D eigenvalue weighted by Crippen LogP contribution is 2.22. The number of phenolic OH excluding ortho intramolecular Hbond substituents is 1. The van der Waals surface area contributed by atoms with Crippen molar-refractivity contribution >= 4 is 23.7 Å². The number of ether oxygens (including phenoxy) is 1. The SMILES string of the molecule is O=C(NN=Cc1ccc(Oc2nc(Cl)ncc2F)cc1)c1ccc(O)cc1. The fourth-order valence-corrected chi connectivity index (χ4v) is 2.10. The molecule has 0 aliphatic heterocycles. The van der Waals surface area contributed by atoms with Gasteiger partial charge in [0.1, 0.15) is 11.5 Å². The number of rotatable bonds is 5. The second kappa shape index (κ2) is 8.24. The van der Waals surface area contributed by atoms with Gasteiger partial charge in [-0.25, -0.2) is 10.4 Å². The third-order valence-electron chi connectivity index (χ3n) is 3.29. The highest BCUT2D eigenvalue weighted by molar-refractivity contribution is 6.28. The van der Waals surface area contributed by atoms with Gasteiger partial charge in [-0.1, -0.05) is 0 Å². The minimum atomic E-state index is -0.734. The molecule has 0 bridgehead atoms. The Morgan fingerprint density at radius 2 is 1.89 bits per heavy atom. The number of hydrazone groups is 1. The van der Waals surface area contributed by atoms with Gasteiger partial charge in [-0.2, -0.15) is 14.5 Å². The number of amides is 1. The third kappa shape index (κ3) is 4.99. The van der Waals surface area contributed by atoms with Gasteiger partial charge >= 0.3 is 0 Å². The number of nitrogens with one attached hydrogen (secondary N) is 1. The summed E-state index contributed by atoms with van der Waals surface area (Å²) >= 11 is 5.61. The lowest BCUT2D eigenvalue weighted by atomic mass is 10.2. The largest absolute Gasteiger partial charge is 0.508 e. The van der Waals surface area contributed by atoms with Gasteiger partial charge in [-0.3, -0.25) is 4.79 Å². The molecule has 2 aromatic carbocycles. The lowest BCUT2D eigenvalue weighted by molar-refractivity contribution is 0.0955. The molecule has 0 atom stereocenters. The first-order chi connectivity index (χ1) is 13.0. The third-order valence-corrected chi connectivity index (χ3v) is 3.47. The van der Waals surface area contributed by atoms with Crippen LogP contribution in [0.2, 0.25) is 5.28 Å². The van der Waals surface area contributed by atoms with Crippen LogP contribution >= 0.6 is 11.6 Å². The molecule has 1 aromatic heterocycles. The van der Waals surface area contributed by atoms with E-state index in [0.29, 0.717) is 16.9 Å². The molecule has 0 aliphatic carbocycles. The van der Waals surface area contributed by atoms with E-state index in [9.17, 15) is 14.3 Å². The number of carbonyl (C=O) groups is 1. The van der Waals surface area contributed by atoms with Crippen molar-refractivity contribution < 1.29 is 19.0 Å². The van der Waals surface area contributed by atoms with E-state index in [0.717, 1.165) is 6.20 Å². The molecule has 3 rings (SSSR count). The maximum Gasteiger partial charge on any atom is 0.271 e. The Hall–Kier alpha value is -3.52. The first-order valence-electron chi connectivity index (χ1n) is 7.59. The topological polar surface area (TPSA) is 96.7 Å². The molecule has 3 aromatic rings. The fraction of sp³-hybridized carbons (Fsp3) is 0. The molecule has 9 heteroatoms. The van der Waals surface area contributed by atoms with Crippen LogP contribution in [0.4, 0.5) is 4.39 Å². The Labute approximate surface area is 158 Å². The van der Waals surface area contributed by atoms with E-state index in [1.54, 1.807) is 24.3 Å². The molecule has 0 fully saturated rings. The van der Waals surface area contributed by atoms with Crippen LogP contribution in [0.25, 0.3) is 0 Å². The van der Waals surface area contributed by atoms with Gasteiger partial charge in [0.2, 0.25) is 11.1 Å². The van der Waals surface area contributed by atoms with Crippen molar-refractivity contribution in [2.75, 3.05) is 0 Å². The summed E-state index contributed by atoms with van der Waals surface area (Å²) in [5, 5.41) is 12.9. The average molecular weight is 387 g/mol. The fourth-order valence-electron chi connectivity index (χ4n) is 1.98. The van der Waals surface area contributed by atoms with Gasteiger partial charge in [-0.05, 0) is 65.7 Å². The zero-order valence-corrected chi connectivity index (χ0v) is 14.4. The number of aromatic nitrogens is 2. The van der Waals surface area contributed by atoms with Crippen molar-refractivity contribution in [1.82, 2.24) is 15.4 Å². The van der Waals surface area contributed by atoms with Gasteiger partial charge in [0.05, 0.1) is 12.4 Å². The van der Waals surface area contributed by atoms with Crippen LogP contribution in [0.3, 0.4) is 0 Å². The number of aromatic hydroxyl groups is 1. The Morgan fingerprint density at radius 1 is 1.19 bits per heavy atom. The van der Waals surface area contributed by atoms with Crippen molar-refractivity contribution in [3.8, 4) is 17.4 Å². The monoisotopic (exact) mass is 386 g/mol. The number of halogens is 2. The van der Waals surface area contributed by atoms with Crippen LogP contribution in [0.5, 0.6) is 17.4 Å². The van der Waals surface area contributed by atoms with Crippen molar-refractivity contribution in [3.05, 3.63) is 77.0 Å². The predicted molar refractivity (Wildman–Crippen MR) is 96.7 cm³/mol. The first kappa shape index (κ1) is 18.3. The molecule has 1 heterocycles. The van der Waals surface area contributed by atoms with Crippen molar-refractivity contribution in [3.63, 3.8) is 0 Å². The van der Waals surface area contributed by atoms with Crippen molar-refractivity contribution in [2.24, 2.45) is 5.10 Å². The van der Waals surface area contributed by atoms with E-state index < -0.39 is 11.7 Å². The van der Waals surface area contributed by atoms with E-state index in [2.05, 4.69) is 20.5 Å². The molecule has 0 saturated carbocycles. The molecule has 2 N–H and O–H groups in total. The summed E-state index contributed by atoms with van der Waals surface area (Å²) in [6.07, 6.45) is 2.35. The summed E-state index contributed by atoms with van der Waals surface area (Å²) in [4.78, 5) is 19.0. The number of hydrogen-bond donors (Lipinski definition) is 2. The van der Waals surface area contributed by atoms with E-state index >= 15 is 0 Å². The molecule has 136 valence electrons. The Bertz CT molecular complexity index is 979. The Morgan fingerprint density at radius 3 is 2.59 bits per heavy atom. The number of phenols is 1. The minimum Gasteiger partial charge on any atom is -0.508 e. The normalized spacial score (nSPS) is 10.7. The number of nitrogens with zero attached hydrogens (tertiary/aromatic N) is 3.